The van der Waals surface area contributed by atoms with Crippen LogP contribution in [0.5, 0.6) is 0 Å². The Morgan fingerprint density at radius 2 is 1.62 bits per heavy atom. The number of aryl methyl sites for hydroxylation is 1. The van der Waals surface area contributed by atoms with Crippen molar-refractivity contribution in [3.63, 3.8) is 0 Å². The molecule has 1 heteroatoms. The molecule has 0 aromatic heterocycles. The Morgan fingerprint density at radius 1 is 1.00 bits per heavy atom. The SMILES string of the molecule is [CH3][Sn]([CH3])([CH3])[CH2]CCc1ccccc1. The van der Waals surface area contributed by atoms with Crippen LogP contribution in [0, 0.1) is 0 Å². The molecule has 72 valence electrons. The van der Waals surface area contributed by atoms with Gasteiger partial charge in [-0.3, -0.25) is 0 Å². The number of rotatable bonds is 4. The second kappa shape index (κ2) is 5.04. The minimum absolute atomic E-state index is 1.27. The molecule has 0 fully saturated rings. The summed E-state index contributed by atoms with van der Waals surface area (Å²) in [5.74, 6) is 0. The van der Waals surface area contributed by atoms with E-state index < -0.39 is 18.4 Å². The summed E-state index contributed by atoms with van der Waals surface area (Å²) in [7, 11) is 0. The van der Waals surface area contributed by atoms with Crippen LogP contribution in [0.4, 0.5) is 0 Å². The predicted octanol–water partition coefficient (Wildman–Crippen LogP) is 3.96. The van der Waals surface area contributed by atoms with E-state index in [1.54, 1.807) is 0 Å². The molecule has 1 aromatic rings. The first-order chi connectivity index (χ1) is 6.08. The number of hydrogen-bond donors (Lipinski definition) is 0. The Balaban J connectivity index is 2.29. The number of hydrogen-bond acceptors (Lipinski definition) is 0. The van der Waals surface area contributed by atoms with Crippen molar-refractivity contribution in [2.24, 2.45) is 0 Å². The summed E-state index contributed by atoms with van der Waals surface area (Å²) < 4.78 is 1.52. The summed E-state index contributed by atoms with van der Waals surface area (Å²) in [6.07, 6.45) is 2.67. The zero-order valence-electron chi connectivity index (χ0n) is 9.01. The van der Waals surface area contributed by atoms with Crippen LogP contribution < -0.4 is 0 Å². The van der Waals surface area contributed by atoms with Gasteiger partial charge in [-0.05, 0) is 0 Å². The van der Waals surface area contributed by atoms with Crippen molar-refractivity contribution in [1.82, 2.24) is 0 Å². The van der Waals surface area contributed by atoms with E-state index in [9.17, 15) is 0 Å². The first kappa shape index (κ1) is 11.1. The third-order valence-corrected chi connectivity index (χ3v) is 7.53. The molecule has 0 saturated carbocycles. The van der Waals surface area contributed by atoms with E-state index >= 15 is 0 Å². The zero-order valence-corrected chi connectivity index (χ0v) is 11.9. The molecular formula is C12H20Sn. The second-order valence-electron chi connectivity index (χ2n) is 4.90. The van der Waals surface area contributed by atoms with Gasteiger partial charge in [-0.25, -0.2) is 0 Å². The van der Waals surface area contributed by atoms with E-state index in [0.717, 1.165) is 0 Å². The molecule has 0 atom stereocenters. The molecule has 0 aliphatic rings. The quantitative estimate of drug-likeness (QED) is 0.734. The van der Waals surface area contributed by atoms with Gasteiger partial charge in [-0.1, -0.05) is 0 Å². The molecule has 0 spiro atoms. The normalized spacial score (nSPS) is 11.6. The van der Waals surface area contributed by atoms with Gasteiger partial charge in [0.05, 0.1) is 0 Å². The number of benzene rings is 1. The van der Waals surface area contributed by atoms with Crippen LogP contribution in [0.1, 0.15) is 12.0 Å². The van der Waals surface area contributed by atoms with Crippen molar-refractivity contribution in [2.45, 2.75) is 32.1 Å². The molecule has 0 bridgehead atoms. The molecule has 1 rings (SSSR count). The summed E-state index contributed by atoms with van der Waals surface area (Å²) in [6.45, 7) is 0. The molecule has 0 unspecified atom stereocenters. The van der Waals surface area contributed by atoms with Gasteiger partial charge >= 0.3 is 86.4 Å². The summed E-state index contributed by atoms with van der Waals surface area (Å²) in [5.41, 5.74) is 1.50. The van der Waals surface area contributed by atoms with Crippen LogP contribution in [0.2, 0.25) is 19.3 Å². The predicted molar refractivity (Wildman–Crippen MR) is 62.9 cm³/mol. The molecule has 0 radical (unpaired) electrons. The average molecular weight is 283 g/mol. The Morgan fingerprint density at radius 3 is 2.15 bits per heavy atom. The van der Waals surface area contributed by atoms with E-state index in [1.807, 2.05) is 0 Å². The van der Waals surface area contributed by atoms with Crippen molar-refractivity contribution in [3.05, 3.63) is 35.9 Å². The molecule has 0 aliphatic heterocycles. The third-order valence-electron chi connectivity index (χ3n) is 2.24. The Bertz CT molecular complexity index is 233. The van der Waals surface area contributed by atoms with E-state index in [1.165, 1.54) is 22.8 Å². The summed E-state index contributed by atoms with van der Waals surface area (Å²) in [6, 6.07) is 10.8. The van der Waals surface area contributed by atoms with Crippen molar-refractivity contribution in [3.8, 4) is 0 Å². The maximum atomic E-state index is 2.51. The van der Waals surface area contributed by atoms with Crippen LogP contribution in [0.25, 0.3) is 0 Å². The van der Waals surface area contributed by atoms with E-state index in [2.05, 4.69) is 45.2 Å². The van der Waals surface area contributed by atoms with Crippen molar-refractivity contribution < 1.29 is 0 Å². The van der Waals surface area contributed by atoms with Gasteiger partial charge in [0, 0.05) is 0 Å². The van der Waals surface area contributed by atoms with E-state index in [4.69, 9.17) is 0 Å². The van der Waals surface area contributed by atoms with Crippen LogP contribution >= 0.6 is 0 Å². The zero-order chi connectivity index (χ0) is 9.73. The summed E-state index contributed by atoms with van der Waals surface area (Å²) in [5, 5.41) is 0. The molecule has 13 heavy (non-hydrogen) atoms. The molecule has 1 aromatic carbocycles. The van der Waals surface area contributed by atoms with Gasteiger partial charge in [-0.15, -0.1) is 0 Å². The molecule has 0 nitrogen and oxygen atoms in total. The van der Waals surface area contributed by atoms with Crippen molar-refractivity contribution in [1.29, 1.82) is 0 Å². The van der Waals surface area contributed by atoms with Gasteiger partial charge in [0.1, 0.15) is 0 Å². The second-order valence-corrected chi connectivity index (χ2v) is 20.9. The van der Waals surface area contributed by atoms with Gasteiger partial charge in [0.2, 0.25) is 0 Å². The molecule has 0 N–H and O–H groups in total. The fourth-order valence-electron chi connectivity index (χ4n) is 1.47. The first-order valence-corrected chi connectivity index (χ1v) is 15.7. The van der Waals surface area contributed by atoms with E-state index in [0.29, 0.717) is 0 Å². The van der Waals surface area contributed by atoms with Crippen LogP contribution in [0.15, 0.2) is 30.3 Å². The minimum atomic E-state index is -1.47. The van der Waals surface area contributed by atoms with Crippen molar-refractivity contribution >= 4 is 18.4 Å². The Hall–Kier alpha value is 0.0187. The first-order valence-electron chi connectivity index (χ1n) is 5.12. The molecular weight excluding hydrogens is 263 g/mol. The standard InChI is InChI=1S/C9H11.3CH3.Sn/c1-2-6-9-7-4-3-5-8-9;;;;/h3-5,7-8H,1-2,6H2;3*1H3;. The van der Waals surface area contributed by atoms with Gasteiger partial charge in [-0.2, -0.15) is 0 Å². The van der Waals surface area contributed by atoms with Crippen molar-refractivity contribution in [2.75, 3.05) is 0 Å². The molecule has 0 heterocycles. The summed E-state index contributed by atoms with van der Waals surface area (Å²) in [4.78, 5) is 7.54. The van der Waals surface area contributed by atoms with Gasteiger partial charge in [0.25, 0.3) is 0 Å². The van der Waals surface area contributed by atoms with Gasteiger partial charge in [0.15, 0.2) is 0 Å². The monoisotopic (exact) mass is 284 g/mol. The Labute approximate surface area is 86.2 Å². The molecule has 0 aliphatic carbocycles. The fourth-order valence-corrected chi connectivity index (χ4v) is 5.00. The van der Waals surface area contributed by atoms with E-state index in [-0.39, 0.29) is 0 Å². The summed E-state index contributed by atoms with van der Waals surface area (Å²) >= 11 is -1.47. The molecule has 0 saturated heterocycles. The van der Waals surface area contributed by atoms with Crippen LogP contribution in [-0.4, -0.2) is 18.4 Å². The average Bonchev–Trinajstić information content (AvgIpc) is 2.04. The fraction of sp³-hybridized carbons (Fsp3) is 0.500. The van der Waals surface area contributed by atoms with Gasteiger partial charge < -0.3 is 0 Å². The third kappa shape index (κ3) is 5.35. The Kier molecular flexibility index (Phi) is 4.30. The van der Waals surface area contributed by atoms with Crippen LogP contribution in [-0.2, 0) is 6.42 Å². The topological polar surface area (TPSA) is 0 Å². The molecule has 0 amide bonds. The van der Waals surface area contributed by atoms with Crippen LogP contribution in [0.3, 0.4) is 0 Å². The maximum absolute atomic E-state index is 2.51.